The molecule has 1 aromatic carbocycles. The molecule has 0 saturated carbocycles. The molecule has 0 aromatic heterocycles. The van der Waals surface area contributed by atoms with E-state index < -0.39 is 28.5 Å². The van der Waals surface area contributed by atoms with Gasteiger partial charge in [0.25, 0.3) is 0 Å². The lowest BCUT2D eigenvalue weighted by Crippen LogP contribution is -2.26. The van der Waals surface area contributed by atoms with Crippen LogP contribution >= 0.6 is 11.6 Å². The van der Waals surface area contributed by atoms with Crippen molar-refractivity contribution >= 4 is 29.2 Å². The van der Waals surface area contributed by atoms with Gasteiger partial charge in [0.2, 0.25) is 5.75 Å². The third-order valence-corrected chi connectivity index (χ3v) is 2.47. The zero-order valence-electron chi connectivity index (χ0n) is 10.1. The van der Waals surface area contributed by atoms with Crippen molar-refractivity contribution in [3.63, 3.8) is 0 Å². The number of halogens is 1. The number of nitrogens with zero attached hydrogens (tertiary/aromatic N) is 1. The summed E-state index contributed by atoms with van der Waals surface area (Å²) in [6.07, 6.45) is 0. The summed E-state index contributed by atoms with van der Waals surface area (Å²) >= 11 is 5.67. The number of carbonyl (C=O) groups excluding carboxylic acids is 2. The van der Waals surface area contributed by atoms with E-state index >= 15 is 0 Å². The van der Waals surface area contributed by atoms with Crippen LogP contribution in [0.5, 0.6) is 5.75 Å². The molecule has 0 aliphatic heterocycles. The standard InChI is InChI=1S/C11H10ClNO6/c1-6(10(14)18-2)11(15)19-9-5-7(12)3-4-8(9)13(16)17/h3-6H,1-2H3. The van der Waals surface area contributed by atoms with E-state index in [9.17, 15) is 19.7 Å². The minimum Gasteiger partial charge on any atom is -0.468 e. The Kier molecular flexibility index (Phi) is 4.82. The van der Waals surface area contributed by atoms with Crippen LogP contribution in [0.25, 0.3) is 0 Å². The summed E-state index contributed by atoms with van der Waals surface area (Å²) in [5.41, 5.74) is -0.421. The van der Waals surface area contributed by atoms with Crippen LogP contribution in [0.15, 0.2) is 18.2 Å². The molecule has 7 nitrogen and oxygen atoms in total. The van der Waals surface area contributed by atoms with Crippen molar-refractivity contribution in [3.8, 4) is 5.75 Å². The molecule has 1 atom stereocenters. The monoisotopic (exact) mass is 287 g/mol. The Balaban J connectivity index is 2.99. The zero-order valence-corrected chi connectivity index (χ0v) is 10.8. The van der Waals surface area contributed by atoms with Gasteiger partial charge in [-0.25, -0.2) is 0 Å². The minimum absolute atomic E-state index is 0.166. The lowest BCUT2D eigenvalue weighted by atomic mass is 10.2. The van der Waals surface area contributed by atoms with Crippen LogP contribution in [-0.2, 0) is 14.3 Å². The maximum Gasteiger partial charge on any atom is 0.325 e. The van der Waals surface area contributed by atoms with E-state index in [1.165, 1.54) is 13.0 Å². The molecule has 0 saturated heterocycles. The van der Waals surface area contributed by atoms with Crippen molar-refractivity contribution in [1.82, 2.24) is 0 Å². The zero-order chi connectivity index (χ0) is 14.6. The third kappa shape index (κ3) is 3.65. The van der Waals surface area contributed by atoms with Crippen LogP contribution in [0, 0.1) is 16.0 Å². The van der Waals surface area contributed by atoms with Crippen molar-refractivity contribution in [2.45, 2.75) is 6.92 Å². The molecule has 0 amide bonds. The van der Waals surface area contributed by atoms with E-state index in [1.54, 1.807) is 0 Å². The van der Waals surface area contributed by atoms with Gasteiger partial charge >= 0.3 is 17.6 Å². The summed E-state index contributed by atoms with van der Waals surface area (Å²) in [4.78, 5) is 32.8. The van der Waals surface area contributed by atoms with Gasteiger partial charge in [0.05, 0.1) is 12.0 Å². The number of methoxy groups -OCH3 is 1. The molecule has 8 heteroatoms. The van der Waals surface area contributed by atoms with Gasteiger partial charge in [-0.1, -0.05) is 11.6 Å². The average Bonchev–Trinajstić information content (AvgIpc) is 2.36. The first kappa shape index (κ1) is 14.9. The first-order valence-electron chi connectivity index (χ1n) is 5.10. The molecule has 1 rings (SSSR count). The third-order valence-electron chi connectivity index (χ3n) is 2.24. The van der Waals surface area contributed by atoms with Crippen LogP contribution in [0.4, 0.5) is 5.69 Å². The van der Waals surface area contributed by atoms with Crippen LogP contribution in [0.1, 0.15) is 6.92 Å². The highest BCUT2D eigenvalue weighted by molar-refractivity contribution is 6.30. The van der Waals surface area contributed by atoms with Gasteiger partial charge in [0.1, 0.15) is 0 Å². The predicted molar refractivity (Wildman–Crippen MR) is 64.9 cm³/mol. The molecule has 102 valence electrons. The molecule has 0 fully saturated rings. The molecule has 1 aromatic rings. The SMILES string of the molecule is COC(=O)C(C)C(=O)Oc1cc(Cl)ccc1[N+](=O)[O-]. The van der Waals surface area contributed by atoms with Crippen LogP contribution < -0.4 is 4.74 Å². The topological polar surface area (TPSA) is 95.7 Å². The summed E-state index contributed by atoms with van der Waals surface area (Å²) in [6, 6.07) is 3.52. The Morgan fingerprint density at radius 3 is 2.53 bits per heavy atom. The molecule has 0 bridgehead atoms. The summed E-state index contributed by atoms with van der Waals surface area (Å²) in [6.45, 7) is 1.27. The fourth-order valence-corrected chi connectivity index (χ4v) is 1.35. The number of nitro groups is 1. The van der Waals surface area contributed by atoms with Crippen molar-refractivity contribution < 1.29 is 24.0 Å². The Labute approximate surface area is 113 Å². The summed E-state index contributed by atoms with van der Waals surface area (Å²) in [7, 11) is 1.12. The number of carbonyl (C=O) groups is 2. The molecule has 0 aliphatic rings. The fraction of sp³-hybridized carbons (Fsp3) is 0.273. The Morgan fingerprint density at radius 1 is 1.37 bits per heavy atom. The van der Waals surface area contributed by atoms with E-state index in [-0.39, 0.29) is 10.8 Å². The number of nitro benzene ring substituents is 1. The van der Waals surface area contributed by atoms with E-state index in [4.69, 9.17) is 16.3 Å². The van der Waals surface area contributed by atoms with E-state index in [0.29, 0.717) is 0 Å². The number of benzene rings is 1. The van der Waals surface area contributed by atoms with Gasteiger partial charge in [0, 0.05) is 17.2 Å². The molecule has 0 spiro atoms. The first-order chi connectivity index (χ1) is 8.86. The molecule has 1 unspecified atom stereocenters. The molecule has 19 heavy (non-hydrogen) atoms. The highest BCUT2D eigenvalue weighted by atomic mass is 35.5. The smallest absolute Gasteiger partial charge is 0.325 e. The molecule has 0 N–H and O–H groups in total. The van der Waals surface area contributed by atoms with E-state index in [2.05, 4.69) is 4.74 Å². The highest BCUT2D eigenvalue weighted by Gasteiger charge is 2.27. The number of esters is 2. The first-order valence-corrected chi connectivity index (χ1v) is 5.48. The number of hydrogen-bond acceptors (Lipinski definition) is 6. The summed E-state index contributed by atoms with van der Waals surface area (Å²) < 4.78 is 9.18. The van der Waals surface area contributed by atoms with Crippen molar-refractivity contribution in [3.05, 3.63) is 33.3 Å². The Morgan fingerprint density at radius 2 is 2.00 bits per heavy atom. The maximum atomic E-state index is 11.6. The van der Waals surface area contributed by atoms with Crippen LogP contribution in [0.2, 0.25) is 5.02 Å². The Bertz CT molecular complexity index is 530. The van der Waals surface area contributed by atoms with Crippen molar-refractivity contribution in [1.29, 1.82) is 0 Å². The fourth-order valence-electron chi connectivity index (χ4n) is 1.19. The van der Waals surface area contributed by atoms with Crippen molar-refractivity contribution in [2.75, 3.05) is 7.11 Å². The van der Waals surface area contributed by atoms with Gasteiger partial charge in [-0.3, -0.25) is 19.7 Å². The summed E-state index contributed by atoms with van der Waals surface area (Å²) in [5.74, 6) is -3.27. The van der Waals surface area contributed by atoms with Crippen LogP contribution in [-0.4, -0.2) is 24.0 Å². The van der Waals surface area contributed by atoms with Gasteiger partial charge < -0.3 is 9.47 Å². The number of rotatable bonds is 4. The second-order valence-electron chi connectivity index (χ2n) is 3.54. The van der Waals surface area contributed by atoms with E-state index in [1.807, 2.05) is 0 Å². The molecule has 0 aliphatic carbocycles. The minimum atomic E-state index is -1.19. The second-order valence-corrected chi connectivity index (χ2v) is 3.97. The highest BCUT2D eigenvalue weighted by Crippen LogP contribution is 2.30. The quantitative estimate of drug-likeness (QED) is 0.276. The van der Waals surface area contributed by atoms with Gasteiger partial charge in [-0.2, -0.15) is 0 Å². The van der Waals surface area contributed by atoms with E-state index in [0.717, 1.165) is 19.2 Å². The maximum absolute atomic E-state index is 11.6. The number of ether oxygens (including phenoxy) is 2. The Hall–Kier alpha value is -2.15. The second kappa shape index (κ2) is 6.14. The average molecular weight is 288 g/mol. The molecule has 0 heterocycles. The van der Waals surface area contributed by atoms with Crippen molar-refractivity contribution in [2.24, 2.45) is 5.92 Å². The number of hydrogen-bond donors (Lipinski definition) is 0. The lowest BCUT2D eigenvalue weighted by Gasteiger charge is -2.09. The van der Waals surface area contributed by atoms with Gasteiger partial charge in [0.15, 0.2) is 5.92 Å². The summed E-state index contributed by atoms with van der Waals surface area (Å²) in [5, 5.41) is 10.9. The predicted octanol–water partition coefficient (Wildman–Crippen LogP) is 1.96. The van der Waals surface area contributed by atoms with Crippen LogP contribution in [0.3, 0.4) is 0 Å². The molecular formula is C11H10ClNO6. The van der Waals surface area contributed by atoms with Gasteiger partial charge in [-0.15, -0.1) is 0 Å². The molecule has 0 radical (unpaired) electrons. The largest absolute Gasteiger partial charge is 0.468 e. The lowest BCUT2D eigenvalue weighted by molar-refractivity contribution is -0.385. The van der Waals surface area contributed by atoms with Gasteiger partial charge in [-0.05, 0) is 13.0 Å². The molecular weight excluding hydrogens is 278 g/mol. The normalized spacial score (nSPS) is 11.5.